The Kier molecular flexibility index (Phi) is 9.21. The fourth-order valence-corrected chi connectivity index (χ4v) is 4.74. The molecule has 2 atom stereocenters. The van der Waals surface area contributed by atoms with Gasteiger partial charge in [-0.15, -0.1) is 0 Å². The predicted molar refractivity (Wildman–Crippen MR) is 112 cm³/mol. The van der Waals surface area contributed by atoms with Crippen LogP contribution in [0.5, 0.6) is 0 Å². The van der Waals surface area contributed by atoms with Crippen molar-refractivity contribution in [3.8, 4) is 0 Å². The molecule has 29 heavy (non-hydrogen) atoms. The lowest BCUT2D eigenvalue weighted by Crippen LogP contribution is -2.55. The quantitative estimate of drug-likeness (QED) is 0.528. The number of piperazine rings is 1. The molecule has 3 N–H and O–H groups in total. The Hall–Kier alpha value is -0.870. The molecule has 0 aliphatic carbocycles. The van der Waals surface area contributed by atoms with Crippen molar-refractivity contribution < 1.29 is 23.1 Å². The van der Waals surface area contributed by atoms with Crippen LogP contribution in [0.25, 0.3) is 0 Å². The zero-order valence-electron chi connectivity index (χ0n) is 15.7. The van der Waals surface area contributed by atoms with Gasteiger partial charge in [0.05, 0.1) is 10.7 Å². The smallest absolute Gasteiger partial charge is 0.404 e. The summed E-state index contributed by atoms with van der Waals surface area (Å²) in [6.45, 7) is 1.43. The molecule has 0 amide bonds. The van der Waals surface area contributed by atoms with Crippen LogP contribution in [0.2, 0.25) is 10.0 Å². The maximum absolute atomic E-state index is 13.6. The summed E-state index contributed by atoms with van der Waals surface area (Å²) in [5.41, 5.74) is 6.17. The highest BCUT2D eigenvalue weighted by atomic mass is 35.5. The Bertz CT molecular complexity index is 689. The molecule has 2 rings (SSSR count). The maximum atomic E-state index is 13.6. The molecule has 5 nitrogen and oxygen atoms in total. The third-order valence-electron chi connectivity index (χ3n) is 4.81. The molecule has 1 aliphatic rings. The first-order chi connectivity index (χ1) is 13.6. The van der Waals surface area contributed by atoms with Gasteiger partial charge in [-0.3, -0.25) is 9.69 Å². The number of rotatable bonds is 9. The van der Waals surface area contributed by atoms with E-state index in [1.54, 1.807) is 18.2 Å². The molecule has 0 spiro atoms. The van der Waals surface area contributed by atoms with Gasteiger partial charge in [0.25, 0.3) is 0 Å². The van der Waals surface area contributed by atoms with Gasteiger partial charge in [-0.05, 0) is 42.5 Å². The Morgan fingerprint density at radius 2 is 1.79 bits per heavy atom. The number of thioether (sulfide) groups is 1. The zero-order valence-corrected chi connectivity index (χ0v) is 18.0. The van der Waals surface area contributed by atoms with Gasteiger partial charge in [0.2, 0.25) is 0 Å². The summed E-state index contributed by atoms with van der Waals surface area (Å²) >= 11 is 13.4. The van der Waals surface area contributed by atoms with E-state index < -0.39 is 24.2 Å². The van der Waals surface area contributed by atoms with E-state index in [0.717, 1.165) is 5.69 Å². The van der Waals surface area contributed by atoms with E-state index in [9.17, 15) is 18.0 Å². The van der Waals surface area contributed by atoms with Crippen molar-refractivity contribution in [2.75, 3.05) is 42.6 Å². The van der Waals surface area contributed by atoms with Crippen molar-refractivity contribution in [3.05, 3.63) is 28.2 Å². The molecule has 1 aliphatic heterocycles. The van der Waals surface area contributed by atoms with Gasteiger partial charge >= 0.3 is 12.1 Å². The Morgan fingerprint density at radius 3 is 2.34 bits per heavy atom. The minimum Gasteiger partial charge on any atom is -0.480 e. The lowest BCUT2D eigenvalue weighted by atomic mass is 10.1. The highest BCUT2D eigenvalue weighted by Crippen LogP contribution is 2.32. The normalized spacial score (nSPS) is 17.9. The monoisotopic (exact) mass is 473 g/mol. The van der Waals surface area contributed by atoms with E-state index in [2.05, 4.69) is 0 Å². The molecule has 1 saturated heterocycles. The van der Waals surface area contributed by atoms with E-state index in [4.69, 9.17) is 34.0 Å². The molecular weight excluding hydrogens is 450 g/mol. The van der Waals surface area contributed by atoms with Gasteiger partial charge in [-0.2, -0.15) is 24.9 Å². The van der Waals surface area contributed by atoms with Crippen molar-refractivity contribution in [1.82, 2.24) is 4.90 Å². The van der Waals surface area contributed by atoms with Crippen LogP contribution in [0.15, 0.2) is 18.2 Å². The number of carboxylic acids is 1. The Labute approximate surface area is 182 Å². The highest BCUT2D eigenvalue weighted by molar-refractivity contribution is 7.99. The second-order valence-corrected chi connectivity index (χ2v) is 8.88. The van der Waals surface area contributed by atoms with E-state index in [1.165, 1.54) is 16.7 Å². The summed E-state index contributed by atoms with van der Waals surface area (Å²) in [5, 5.41) is 9.72. The summed E-state index contributed by atoms with van der Waals surface area (Å²) in [5.74, 6) is -0.391. The molecule has 0 bridgehead atoms. The van der Waals surface area contributed by atoms with Crippen LogP contribution in [0.4, 0.5) is 18.9 Å². The van der Waals surface area contributed by atoms with Crippen molar-refractivity contribution in [2.45, 2.75) is 31.1 Å². The van der Waals surface area contributed by atoms with Crippen molar-refractivity contribution in [3.63, 3.8) is 0 Å². The number of hydrogen-bond acceptors (Lipinski definition) is 5. The van der Waals surface area contributed by atoms with Crippen LogP contribution in [-0.4, -0.2) is 71.9 Å². The SMILES string of the molecule is NC(CCSCCC(N1CCN(c2ccc(Cl)cc2Cl)CC1)C(F)(F)F)C(=O)O. The van der Waals surface area contributed by atoms with Crippen LogP contribution >= 0.6 is 35.0 Å². The molecule has 11 heteroatoms. The molecule has 164 valence electrons. The lowest BCUT2D eigenvalue weighted by Gasteiger charge is -2.41. The predicted octanol–water partition coefficient (Wildman–Crippen LogP) is 3.97. The molecule has 0 radical (unpaired) electrons. The number of nitrogens with two attached hydrogens (primary N) is 1. The lowest BCUT2D eigenvalue weighted by molar-refractivity contribution is -0.184. The van der Waals surface area contributed by atoms with Gasteiger partial charge in [0.1, 0.15) is 12.1 Å². The summed E-state index contributed by atoms with van der Waals surface area (Å²) in [6.07, 6.45) is -4.13. The second-order valence-electron chi connectivity index (χ2n) is 6.81. The van der Waals surface area contributed by atoms with Gasteiger partial charge in [-0.25, -0.2) is 0 Å². The number of carboxylic acid groups (broad SMARTS) is 1. The first kappa shape index (κ1) is 24.4. The van der Waals surface area contributed by atoms with E-state index >= 15 is 0 Å². The fourth-order valence-electron chi connectivity index (χ4n) is 3.20. The minimum absolute atomic E-state index is 0.0435. The molecule has 2 unspecified atom stereocenters. The van der Waals surface area contributed by atoms with Gasteiger partial charge < -0.3 is 15.7 Å². The van der Waals surface area contributed by atoms with E-state index in [-0.39, 0.29) is 25.9 Å². The van der Waals surface area contributed by atoms with Crippen molar-refractivity contribution in [2.24, 2.45) is 5.73 Å². The third-order valence-corrected chi connectivity index (χ3v) is 6.40. The zero-order chi connectivity index (χ0) is 21.6. The van der Waals surface area contributed by atoms with Crippen LogP contribution in [0, 0.1) is 0 Å². The number of halogens is 5. The number of hydrogen-bond donors (Lipinski definition) is 2. The molecular formula is C18H24Cl2F3N3O2S. The Morgan fingerprint density at radius 1 is 1.17 bits per heavy atom. The molecule has 0 saturated carbocycles. The molecule has 1 aromatic carbocycles. The summed E-state index contributed by atoms with van der Waals surface area (Å²) in [4.78, 5) is 14.1. The van der Waals surface area contributed by atoms with Gasteiger partial charge in [-0.1, -0.05) is 23.2 Å². The van der Waals surface area contributed by atoms with Crippen LogP contribution < -0.4 is 10.6 Å². The van der Waals surface area contributed by atoms with Gasteiger partial charge in [0, 0.05) is 31.2 Å². The van der Waals surface area contributed by atoms with E-state index in [0.29, 0.717) is 34.6 Å². The topological polar surface area (TPSA) is 69.8 Å². The second kappa shape index (κ2) is 10.9. The molecule has 1 heterocycles. The maximum Gasteiger partial charge on any atom is 0.404 e. The van der Waals surface area contributed by atoms with Crippen LogP contribution in [-0.2, 0) is 4.79 Å². The number of aliphatic carboxylic acids is 1. The molecule has 1 aromatic rings. The van der Waals surface area contributed by atoms with Crippen LogP contribution in [0.1, 0.15) is 12.8 Å². The summed E-state index contributed by atoms with van der Waals surface area (Å²) in [7, 11) is 0. The largest absolute Gasteiger partial charge is 0.480 e. The average molecular weight is 474 g/mol. The highest BCUT2D eigenvalue weighted by Gasteiger charge is 2.43. The fraction of sp³-hybridized carbons (Fsp3) is 0.611. The summed E-state index contributed by atoms with van der Waals surface area (Å²) < 4.78 is 40.7. The third kappa shape index (κ3) is 7.40. The number of benzene rings is 1. The molecule has 1 fully saturated rings. The minimum atomic E-state index is -4.32. The average Bonchev–Trinajstić information content (AvgIpc) is 2.63. The standard InChI is InChI=1S/C18H24Cl2F3N3O2S/c19-12-1-2-15(13(20)11-12)25-5-7-26(8-6-25)16(18(21,22)23)4-10-29-9-3-14(24)17(27)28/h1-2,11,14,16H,3-10,24H2,(H,27,28). The molecule has 0 aromatic heterocycles. The number of carbonyl (C=O) groups is 1. The summed E-state index contributed by atoms with van der Waals surface area (Å²) in [6, 6.07) is 2.61. The first-order valence-electron chi connectivity index (χ1n) is 9.16. The Balaban J connectivity index is 1.86. The number of anilines is 1. The van der Waals surface area contributed by atoms with Gasteiger partial charge in [0.15, 0.2) is 0 Å². The van der Waals surface area contributed by atoms with Crippen molar-refractivity contribution in [1.29, 1.82) is 0 Å². The number of alkyl halides is 3. The van der Waals surface area contributed by atoms with Crippen LogP contribution in [0.3, 0.4) is 0 Å². The van der Waals surface area contributed by atoms with E-state index in [1.807, 2.05) is 4.90 Å². The number of nitrogens with zero attached hydrogens (tertiary/aromatic N) is 2. The first-order valence-corrected chi connectivity index (χ1v) is 11.1. The van der Waals surface area contributed by atoms with Crippen molar-refractivity contribution >= 4 is 46.6 Å².